The summed E-state index contributed by atoms with van der Waals surface area (Å²) in [5.74, 6) is 2.47. The molecule has 0 spiro atoms. The predicted molar refractivity (Wildman–Crippen MR) is 140 cm³/mol. The summed E-state index contributed by atoms with van der Waals surface area (Å²) in [5.41, 5.74) is 5.68. The van der Waals surface area contributed by atoms with Crippen LogP contribution in [0.3, 0.4) is 0 Å². The predicted octanol–water partition coefficient (Wildman–Crippen LogP) is 2.74. The fourth-order valence-electron chi connectivity index (χ4n) is 5.97. The molecular weight excluding hydrogens is 470 g/mol. The molecule has 3 aromatic heterocycles. The lowest BCUT2D eigenvalue weighted by Crippen LogP contribution is -2.50. The van der Waals surface area contributed by atoms with E-state index in [-0.39, 0.29) is 11.5 Å². The Bertz CT molecular complexity index is 1310. The van der Waals surface area contributed by atoms with Crippen molar-refractivity contribution in [1.29, 1.82) is 0 Å². The molecule has 2 saturated heterocycles. The lowest BCUT2D eigenvalue weighted by atomic mass is 9.84. The van der Waals surface area contributed by atoms with Crippen LogP contribution >= 0.6 is 0 Å². The molecule has 6 rings (SSSR count). The average molecular weight is 506 g/mol. The first-order chi connectivity index (χ1) is 17.9. The van der Waals surface area contributed by atoms with E-state index in [1.54, 1.807) is 10.6 Å². The molecule has 2 atom stereocenters. The molecule has 3 aliphatic rings. The highest BCUT2D eigenvalue weighted by atomic mass is 16.1. The molecular formula is C26H35N9O2. The van der Waals surface area contributed by atoms with Crippen molar-refractivity contribution < 1.29 is 9.59 Å². The Hall–Kier alpha value is -3.47. The Morgan fingerprint density at radius 1 is 1.22 bits per heavy atom. The van der Waals surface area contributed by atoms with E-state index in [9.17, 15) is 9.59 Å². The van der Waals surface area contributed by atoms with E-state index in [0.29, 0.717) is 29.9 Å². The summed E-state index contributed by atoms with van der Waals surface area (Å²) in [6.07, 6.45) is 9.20. The van der Waals surface area contributed by atoms with Gasteiger partial charge in [0.15, 0.2) is 17.4 Å². The molecule has 11 heteroatoms. The van der Waals surface area contributed by atoms with Crippen LogP contribution in [0, 0.1) is 11.8 Å². The van der Waals surface area contributed by atoms with Crippen LogP contribution < -0.4 is 16.0 Å². The quantitative estimate of drug-likeness (QED) is 0.404. The third-order valence-electron chi connectivity index (χ3n) is 8.24. The van der Waals surface area contributed by atoms with Gasteiger partial charge in [-0.1, -0.05) is 0 Å². The van der Waals surface area contributed by atoms with E-state index in [1.807, 2.05) is 18.3 Å². The fourth-order valence-corrected chi connectivity index (χ4v) is 5.97. The second-order valence-electron chi connectivity index (χ2n) is 11.1. The fraction of sp³-hybridized carbons (Fsp3) is 0.577. The number of nitrogens with zero attached hydrogens (tertiary/aromatic N) is 6. The second-order valence-corrected chi connectivity index (χ2v) is 11.1. The van der Waals surface area contributed by atoms with Crippen molar-refractivity contribution in [1.82, 2.24) is 29.7 Å². The van der Waals surface area contributed by atoms with Crippen LogP contribution in [0.5, 0.6) is 0 Å². The molecule has 11 nitrogen and oxygen atoms in total. The van der Waals surface area contributed by atoms with E-state index < -0.39 is 11.4 Å². The largest absolute Gasteiger partial charge is 0.364 e. The molecule has 1 saturated carbocycles. The maximum atomic E-state index is 13.8. The van der Waals surface area contributed by atoms with Crippen LogP contribution in [0.15, 0.2) is 24.4 Å². The standard InChI is InChI=1S/C26H35N9O2/c1-26(21(36)13-18-5-2-10-33(16-18)15-17-7-8-17)9-4-11-34(26)25-29-24(20-6-3-12-35(20)32-25)28-22-14-19(23(27)37)30-31-22/h3,6,12,14,17-18H,2,4-5,7-11,13,15-16H2,1H3,(H2,27,37)(H2,28,29,30,31,32)/t18?,26-/m0/s1. The number of Topliss-reactive ketones (excluding diaryl/α,β-unsaturated/α-hetero) is 1. The summed E-state index contributed by atoms with van der Waals surface area (Å²) in [6.45, 7) is 6.18. The summed E-state index contributed by atoms with van der Waals surface area (Å²) < 4.78 is 1.76. The van der Waals surface area contributed by atoms with Gasteiger partial charge in [0.1, 0.15) is 11.2 Å². The maximum absolute atomic E-state index is 13.8. The summed E-state index contributed by atoms with van der Waals surface area (Å²) in [4.78, 5) is 34.8. The zero-order valence-electron chi connectivity index (χ0n) is 21.3. The van der Waals surface area contributed by atoms with Crippen LogP contribution in [0.2, 0.25) is 0 Å². The Kier molecular flexibility index (Phi) is 6.10. The number of ketones is 1. The molecule has 3 aromatic rings. The number of aromatic amines is 1. The van der Waals surface area contributed by atoms with Crippen molar-refractivity contribution in [3.05, 3.63) is 30.1 Å². The molecule has 0 radical (unpaired) electrons. The minimum absolute atomic E-state index is 0.208. The number of hydrogen-bond donors (Lipinski definition) is 3. The number of hydrogen-bond acceptors (Lipinski definition) is 8. The molecule has 1 amide bonds. The number of H-pyrrole nitrogens is 1. The molecule has 5 heterocycles. The second kappa shape index (κ2) is 9.44. The third kappa shape index (κ3) is 4.79. The number of likely N-dealkylation sites (tertiary alicyclic amines) is 1. The molecule has 1 aliphatic carbocycles. The molecule has 2 aliphatic heterocycles. The number of fused-ring (bicyclic) bond motifs is 1. The van der Waals surface area contributed by atoms with Gasteiger partial charge in [-0.15, -0.1) is 5.10 Å². The lowest BCUT2D eigenvalue weighted by molar-refractivity contribution is -0.124. The van der Waals surface area contributed by atoms with Crippen molar-refractivity contribution >= 4 is 34.8 Å². The molecule has 1 unspecified atom stereocenters. The van der Waals surface area contributed by atoms with Gasteiger partial charge in [-0.2, -0.15) is 10.1 Å². The summed E-state index contributed by atoms with van der Waals surface area (Å²) in [5, 5.41) is 14.7. The van der Waals surface area contributed by atoms with Gasteiger partial charge in [0.2, 0.25) is 5.95 Å². The summed E-state index contributed by atoms with van der Waals surface area (Å²) >= 11 is 0. The third-order valence-corrected chi connectivity index (χ3v) is 8.24. The van der Waals surface area contributed by atoms with Crippen molar-refractivity contribution in [2.24, 2.45) is 17.6 Å². The van der Waals surface area contributed by atoms with Crippen LogP contribution in [0.25, 0.3) is 5.52 Å². The number of piperidine rings is 1. The number of carbonyl (C=O) groups is 2. The van der Waals surface area contributed by atoms with Gasteiger partial charge in [0, 0.05) is 38.3 Å². The van der Waals surface area contributed by atoms with Gasteiger partial charge in [-0.05, 0) is 76.0 Å². The average Bonchev–Trinajstić information content (AvgIpc) is 3.25. The van der Waals surface area contributed by atoms with E-state index in [0.717, 1.165) is 43.8 Å². The van der Waals surface area contributed by atoms with Crippen LogP contribution in [0.1, 0.15) is 62.4 Å². The molecule has 3 fully saturated rings. The Labute approximate surface area is 215 Å². The van der Waals surface area contributed by atoms with E-state index in [1.165, 1.54) is 32.4 Å². The van der Waals surface area contributed by atoms with Crippen molar-refractivity contribution in [3.8, 4) is 0 Å². The smallest absolute Gasteiger partial charge is 0.266 e. The van der Waals surface area contributed by atoms with Crippen molar-refractivity contribution in [2.75, 3.05) is 36.4 Å². The van der Waals surface area contributed by atoms with Gasteiger partial charge >= 0.3 is 0 Å². The normalized spacial score (nSPS) is 24.6. The lowest BCUT2D eigenvalue weighted by Gasteiger charge is -2.37. The SMILES string of the molecule is C[C@@]1(C(=O)CC2CCCN(CC3CC3)C2)CCCN1c1nc(Nc2cc(C(N)=O)[nH]n2)c2cccn2n1. The number of nitrogens with one attached hydrogen (secondary N) is 2. The number of primary amides is 1. The first-order valence-electron chi connectivity index (χ1n) is 13.4. The van der Waals surface area contributed by atoms with Crippen LogP contribution in [-0.4, -0.2) is 73.1 Å². The highest BCUT2D eigenvalue weighted by molar-refractivity contribution is 5.92. The van der Waals surface area contributed by atoms with Crippen molar-refractivity contribution in [3.63, 3.8) is 0 Å². The van der Waals surface area contributed by atoms with Crippen molar-refractivity contribution in [2.45, 2.75) is 57.4 Å². The van der Waals surface area contributed by atoms with Gasteiger partial charge in [0.25, 0.3) is 5.91 Å². The number of nitrogens with two attached hydrogens (primary N) is 1. The van der Waals surface area contributed by atoms with Gasteiger partial charge < -0.3 is 20.9 Å². The zero-order valence-corrected chi connectivity index (χ0v) is 21.3. The number of amides is 1. The first kappa shape index (κ1) is 23.9. The van der Waals surface area contributed by atoms with Crippen LogP contribution in [-0.2, 0) is 4.79 Å². The maximum Gasteiger partial charge on any atom is 0.266 e. The van der Waals surface area contributed by atoms with E-state index >= 15 is 0 Å². The summed E-state index contributed by atoms with van der Waals surface area (Å²) in [7, 11) is 0. The van der Waals surface area contributed by atoms with Gasteiger partial charge in [0.05, 0.1) is 5.54 Å². The monoisotopic (exact) mass is 505 g/mol. The Morgan fingerprint density at radius 2 is 2.08 bits per heavy atom. The zero-order chi connectivity index (χ0) is 25.6. The van der Waals surface area contributed by atoms with Gasteiger partial charge in [-0.3, -0.25) is 14.7 Å². The van der Waals surface area contributed by atoms with Gasteiger partial charge in [-0.25, -0.2) is 4.52 Å². The number of aromatic nitrogens is 5. The Morgan fingerprint density at radius 3 is 2.86 bits per heavy atom. The van der Waals surface area contributed by atoms with Crippen LogP contribution in [0.4, 0.5) is 17.6 Å². The Balaban J connectivity index is 1.22. The summed E-state index contributed by atoms with van der Waals surface area (Å²) in [6, 6.07) is 5.34. The molecule has 4 N–H and O–H groups in total. The highest BCUT2D eigenvalue weighted by Crippen LogP contribution is 2.37. The highest BCUT2D eigenvalue weighted by Gasteiger charge is 2.45. The van der Waals surface area contributed by atoms with E-state index in [4.69, 9.17) is 15.8 Å². The minimum Gasteiger partial charge on any atom is -0.364 e. The molecule has 0 bridgehead atoms. The number of anilines is 3. The van der Waals surface area contributed by atoms with E-state index in [2.05, 4.69) is 32.2 Å². The number of carbonyl (C=O) groups excluding carboxylic acids is 2. The minimum atomic E-state index is -0.637. The molecule has 37 heavy (non-hydrogen) atoms. The number of rotatable bonds is 9. The molecule has 196 valence electrons. The first-order valence-corrected chi connectivity index (χ1v) is 13.4. The topological polar surface area (TPSA) is 138 Å². The molecule has 0 aromatic carbocycles.